The topological polar surface area (TPSA) is 54.9 Å². The Hall–Kier alpha value is -1.50. The molecule has 0 bridgehead atoms. The van der Waals surface area contributed by atoms with E-state index in [4.69, 9.17) is 9.47 Å². The molecule has 4 heterocycles. The van der Waals surface area contributed by atoms with Gasteiger partial charge in [0, 0.05) is 38.5 Å². The van der Waals surface area contributed by atoms with Gasteiger partial charge in [0.15, 0.2) is 0 Å². The van der Waals surface area contributed by atoms with Crippen molar-refractivity contribution in [3.8, 4) is 0 Å². The highest BCUT2D eigenvalue weighted by Gasteiger charge is 2.46. The quantitative estimate of drug-likeness (QED) is 0.821. The second-order valence-corrected chi connectivity index (χ2v) is 7.95. The van der Waals surface area contributed by atoms with E-state index < -0.39 is 0 Å². The molecule has 3 saturated heterocycles. The van der Waals surface area contributed by atoms with Gasteiger partial charge in [0.05, 0.1) is 17.9 Å². The molecule has 6 heteroatoms. The number of nitrogens with zero attached hydrogens (tertiary/aromatic N) is 3. The van der Waals surface area contributed by atoms with Gasteiger partial charge < -0.3 is 14.4 Å². The van der Waals surface area contributed by atoms with Crippen LogP contribution in [0.2, 0.25) is 0 Å². The SMILES string of the molecule is CN(Cc1ccccn1)C1COC2(CCCN(C(=O)[C@H]3CCCO3)C2)C1. The third kappa shape index (κ3) is 3.77. The van der Waals surface area contributed by atoms with Gasteiger partial charge in [-0.3, -0.25) is 14.7 Å². The molecule has 3 fully saturated rings. The molecule has 3 atom stereocenters. The van der Waals surface area contributed by atoms with Crippen molar-refractivity contribution in [2.24, 2.45) is 0 Å². The van der Waals surface area contributed by atoms with Gasteiger partial charge in [-0.1, -0.05) is 6.07 Å². The number of likely N-dealkylation sites (N-methyl/N-ethyl adjacent to an activating group) is 1. The summed E-state index contributed by atoms with van der Waals surface area (Å²) >= 11 is 0. The smallest absolute Gasteiger partial charge is 0.251 e. The summed E-state index contributed by atoms with van der Waals surface area (Å²) in [6, 6.07) is 6.40. The molecule has 0 saturated carbocycles. The predicted octanol–water partition coefficient (Wildman–Crippen LogP) is 1.84. The number of rotatable bonds is 4. The number of hydrogen-bond acceptors (Lipinski definition) is 5. The van der Waals surface area contributed by atoms with Crippen LogP contribution in [0, 0.1) is 0 Å². The van der Waals surface area contributed by atoms with Gasteiger partial charge in [0.1, 0.15) is 6.10 Å². The number of hydrogen-bond donors (Lipinski definition) is 0. The van der Waals surface area contributed by atoms with Gasteiger partial charge >= 0.3 is 0 Å². The fourth-order valence-corrected chi connectivity index (χ4v) is 4.53. The van der Waals surface area contributed by atoms with Gasteiger partial charge in [0.2, 0.25) is 0 Å². The number of amides is 1. The Morgan fingerprint density at radius 3 is 3.12 bits per heavy atom. The molecule has 1 aromatic heterocycles. The van der Waals surface area contributed by atoms with Crippen LogP contribution in [0.1, 0.15) is 37.8 Å². The lowest BCUT2D eigenvalue weighted by atomic mass is 9.88. The third-order valence-corrected chi connectivity index (χ3v) is 6.01. The molecule has 2 unspecified atom stereocenters. The summed E-state index contributed by atoms with van der Waals surface area (Å²) in [6.07, 6.45) is 6.49. The fraction of sp³-hybridized carbons (Fsp3) is 0.700. The highest BCUT2D eigenvalue weighted by atomic mass is 16.5. The summed E-state index contributed by atoms with van der Waals surface area (Å²) in [5, 5.41) is 0. The highest BCUT2D eigenvalue weighted by Crippen LogP contribution is 2.37. The largest absolute Gasteiger partial charge is 0.371 e. The van der Waals surface area contributed by atoms with Crippen molar-refractivity contribution in [1.82, 2.24) is 14.8 Å². The minimum Gasteiger partial charge on any atom is -0.371 e. The molecule has 4 rings (SSSR count). The molecule has 1 aromatic rings. The van der Waals surface area contributed by atoms with E-state index in [0.717, 1.165) is 57.5 Å². The molecule has 3 aliphatic rings. The number of carbonyl (C=O) groups excluding carboxylic acids is 1. The fourth-order valence-electron chi connectivity index (χ4n) is 4.53. The van der Waals surface area contributed by atoms with Crippen molar-refractivity contribution in [3.05, 3.63) is 30.1 Å². The first-order valence-electron chi connectivity index (χ1n) is 9.80. The summed E-state index contributed by atoms with van der Waals surface area (Å²) in [5.74, 6) is 0.162. The van der Waals surface area contributed by atoms with E-state index in [1.54, 1.807) is 0 Å². The molecule has 0 N–H and O–H groups in total. The van der Waals surface area contributed by atoms with Crippen LogP contribution in [0.3, 0.4) is 0 Å². The maximum Gasteiger partial charge on any atom is 0.251 e. The molecule has 26 heavy (non-hydrogen) atoms. The Balaban J connectivity index is 1.36. The molecule has 1 amide bonds. The Kier molecular flexibility index (Phi) is 5.25. The van der Waals surface area contributed by atoms with Crippen molar-refractivity contribution in [3.63, 3.8) is 0 Å². The number of likely N-dealkylation sites (tertiary alicyclic amines) is 1. The molecule has 0 aromatic carbocycles. The van der Waals surface area contributed by atoms with Crippen molar-refractivity contribution in [2.75, 3.05) is 33.4 Å². The van der Waals surface area contributed by atoms with Gasteiger partial charge in [0.25, 0.3) is 5.91 Å². The van der Waals surface area contributed by atoms with E-state index in [9.17, 15) is 4.79 Å². The summed E-state index contributed by atoms with van der Waals surface area (Å²) in [7, 11) is 2.14. The van der Waals surface area contributed by atoms with Crippen LogP contribution in [0.4, 0.5) is 0 Å². The van der Waals surface area contributed by atoms with Crippen LogP contribution in [0.15, 0.2) is 24.4 Å². The molecule has 0 radical (unpaired) electrons. The number of ether oxygens (including phenoxy) is 2. The second kappa shape index (κ2) is 7.62. The molecule has 1 spiro atoms. The van der Waals surface area contributed by atoms with Crippen molar-refractivity contribution < 1.29 is 14.3 Å². The lowest BCUT2D eigenvalue weighted by molar-refractivity contribution is -0.148. The predicted molar refractivity (Wildman–Crippen MR) is 97.6 cm³/mol. The Labute approximate surface area is 155 Å². The highest BCUT2D eigenvalue weighted by molar-refractivity contribution is 5.81. The van der Waals surface area contributed by atoms with Gasteiger partial charge in [-0.15, -0.1) is 0 Å². The first kappa shape index (κ1) is 17.9. The van der Waals surface area contributed by atoms with Gasteiger partial charge in [-0.25, -0.2) is 0 Å². The van der Waals surface area contributed by atoms with Crippen LogP contribution >= 0.6 is 0 Å². The lowest BCUT2D eigenvalue weighted by Crippen LogP contribution is -2.52. The Morgan fingerprint density at radius 1 is 1.42 bits per heavy atom. The monoisotopic (exact) mass is 359 g/mol. The van der Waals surface area contributed by atoms with Crippen molar-refractivity contribution in [1.29, 1.82) is 0 Å². The first-order valence-corrected chi connectivity index (χ1v) is 9.80. The molecule has 142 valence electrons. The van der Waals surface area contributed by atoms with E-state index in [0.29, 0.717) is 19.2 Å². The van der Waals surface area contributed by atoms with Crippen LogP contribution in [0.25, 0.3) is 0 Å². The van der Waals surface area contributed by atoms with Crippen molar-refractivity contribution >= 4 is 5.91 Å². The maximum absolute atomic E-state index is 12.7. The number of carbonyl (C=O) groups is 1. The standard InChI is InChI=1S/C20H29N3O3/c1-22(13-16-6-2-3-9-21-16)17-12-20(26-14-17)8-5-10-23(15-20)19(24)18-7-4-11-25-18/h2-3,6,9,17-18H,4-5,7-8,10-15H2,1H3/t17?,18-,20?/m1/s1. The average molecular weight is 359 g/mol. The van der Waals surface area contributed by atoms with Crippen LogP contribution in [-0.4, -0.2) is 71.8 Å². The zero-order valence-electron chi connectivity index (χ0n) is 15.6. The van der Waals surface area contributed by atoms with Crippen LogP contribution < -0.4 is 0 Å². The van der Waals surface area contributed by atoms with Gasteiger partial charge in [-0.2, -0.15) is 0 Å². The third-order valence-electron chi connectivity index (χ3n) is 6.01. The number of piperidine rings is 1. The molecule has 6 nitrogen and oxygen atoms in total. The normalized spacial score (nSPS) is 31.8. The summed E-state index contributed by atoms with van der Waals surface area (Å²) in [5.41, 5.74) is 0.894. The van der Waals surface area contributed by atoms with Gasteiger partial charge in [-0.05, 0) is 51.3 Å². The van der Waals surface area contributed by atoms with E-state index in [2.05, 4.69) is 23.0 Å². The Morgan fingerprint density at radius 2 is 2.35 bits per heavy atom. The van der Waals surface area contributed by atoms with E-state index in [1.165, 1.54) is 0 Å². The molecule has 0 aliphatic carbocycles. The summed E-state index contributed by atoms with van der Waals surface area (Å²) in [6.45, 7) is 3.80. The van der Waals surface area contributed by atoms with Crippen LogP contribution in [0.5, 0.6) is 0 Å². The summed E-state index contributed by atoms with van der Waals surface area (Å²) in [4.78, 5) is 21.5. The molecule has 3 aliphatic heterocycles. The number of pyridine rings is 1. The zero-order valence-corrected chi connectivity index (χ0v) is 15.6. The minimum absolute atomic E-state index is 0.162. The van der Waals surface area contributed by atoms with E-state index in [-0.39, 0.29) is 17.6 Å². The molecular formula is C20H29N3O3. The zero-order chi connectivity index (χ0) is 18.0. The van der Waals surface area contributed by atoms with Crippen LogP contribution in [-0.2, 0) is 20.8 Å². The number of aromatic nitrogens is 1. The first-order chi connectivity index (χ1) is 12.7. The lowest BCUT2D eigenvalue weighted by Gasteiger charge is -2.40. The molecular weight excluding hydrogens is 330 g/mol. The van der Waals surface area contributed by atoms with E-state index >= 15 is 0 Å². The maximum atomic E-state index is 12.7. The van der Waals surface area contributed by atoms with E-state index in [1.807, 2.05) is 23.2 Å². The summed E-state index contributed by atoms with van der Waals surface area (Å²) < 4.78 is 11.9. The average Bonchev–Trinajstić information content (AvgIpc) is 3.33. The second-order valence-electron chi connectivity index (χ2n) is 7.95. The van der Waals surface area contributed by atoms with Crippen molar-refractivity contribution in [2.45, 2.75) is 56.4 Å². The minimum atomic E-state index is -0.228. The Bertz CT molecular complexity index is 620.